The molecule has 3 aromatic rings. The number of para-hydroxylation sites is 1. The SMILES string of the molecule is C/C(=N\NC(=O)CNc1ccccc1Cl)c1ccc2ccccc2c1. The monoisotopic (exact) mass is 351 g/mol. The van der Waals surface area contributed by atoms with Crippen LogP contribution in [-0.4, -0.2) is 18.2 Å². The van der Waals surface area contributed by atoms with Crippen molar-refractivity contribution in [3.8, 4) is 0 Å². The third kappa shape index (κ3) is 4.37. The highest BCUT2D eigenvalue weighted by Gasteiger charge is 2.04. The highest BCUT2D eigenvalue weighted by molar-refractivity contribution is 6.33. The number of fused-ring (bicyclic) bond motifs is 1. The molecule has 0 radical (unpaired) electrons. The van der Waals surface area contributed by atoms with Gasteiger partial charge in [-0.15, -0.1) is 0 Å². The molecule has 0 saturated carbocycles. The molecule has 0 unspecified atom stereocenters. The third-order valence-electron chi connectivity index (χ3n) is 3.83. The van der Waals surface area contributed by atoms with Gasteiger partial charge in [0.15, 0.2) is 0 Å². The van der Waals surface area contributed by atoms with Gasteiger partial charge in [0.05, 0.1) is 23.0 Å². The summed E-state index contributed by atoms with van der Waals surface area (Å²) in [5.74, 6) is -0.236. The summed E-state index contributed by atoms with van der Waals surface area (Å²) >= 11 is 6.04. The Morgan fingerprint density at radius 3 is 2.52 bits per heavy atom. The average molecular weight is 352 g/mol. The predicted octanol–water partition coefficient (Wildman–Crippen LogP) is 4.45. The molecule has 126 valence electrons. The lowest BCUT2D eigenvalue weighted by atomic mass is 10.0. The fraction of sp³-hybridized carbons (Fsp3) is 0.100. The Hall–Kier alpha value is -2.85. The molecule has 2 N–H and O–H groups in total. The van der Waals surface area contributed by atoms with Crippen molar-refractivity contribution in [2.45, 2.75) is 6.92 Å². The molecule has 3 rings (SSSR count). The first kappa shape index (κ1) is 17.0. The van der Waals surface area contributed by atoms with Crippen LogP contribution in [0.15, 0.2) is 71.8 Å². The number of benzene rings is 3. The Kier molecular flexibility index (Phi) is 5.31. The van der Waals surface area contributed by atoms with Gasteiger partial charge in [-0.25, -0.2) is 5.43 Å². The summed E-state index contributed by atoms with van der Waals surface area (Å²) in [6.45, 7) is 1.96. The molecule has 3 aromatic carbocycles. The number of halogens is 1. The van der Waals surface area contributed by atoms with Gasteiger partial charge >= 0.3 is 0 Å². The number of anilines is 1. The molecule has 0 fully saturated rings. The van der Waals surface area contributed by atoms with Crippen LogP contribution in [0.5, 0.6) is 0 Å². The fourth-order valence-corrected chi connectivity index (χ4v) is 2.65. The van der Waals surface area contributed by atoms with Gasteiger partial charge in [-0.2, -0.15) is 5.10 Å². The van der Waals surface area contributed by atoms with Gasteiger partial charge in [0.25, 0.3) is 5.91 Å². The summed E-state index contributed by atoms with van der Waals surface area (Å²) in [5.41, 5.74) is 5.00. The number of rotatable bonds is 5. The lowest BCUT2D eigenvalue weighted by Crippen LogP contribution is -2.26. The van der Waals surface area contributed by atoms with Crippen LogP contribution in [0, 0.1) is 0 Å². The van der Waals surface area contributed by atoms with E-state index in [1.165, 1.54) is 5.39 Å². The van der Waals surface area contributed by atoms with Crippen LogP contribution in [-0.2, 0) is 4.79 Å². The minimum absolute atomic E-state index is 0.0955. The third-order valence-corrected chi connectivity index (χ3v) is 4.16. The zero-order valence-corrected chi connectivity index (χ0v) is 14.5. The van der Waals surface area contributed by atoms with Crippen molar-refractivity contribution < 1.29 is 4.79 Å². The van der Waals surface area contributed by atoms with Crippen molar-refractivity contribution in [3.05, 3.63) is 77.3 Å². The lowest BCUT2D eigenvalue weighted by molar-refractivity contribution is -0.119. The summed E-state index contributed by atoms with van der Waals surface area (Å²) in [6, 6.07) is 21.5. The number of amides is 1. The van der Waals surface area contributed by atoms with Gasteiger partial charge in [-0.3, -0.25) is 4.79 Å². The van der Waals surface area contributed by atoms with E-state index in [-0.39, 0.29) is 12.5 Å². The zero-order chi connectivity index (χ0) is 17.6. The second-order valence-corrected chi connectivity index (χ2v) is 6.03. The maximum atomic E-state index is 12.0. The maximum absolute atomic E-state index is 12.0. The highest BCUT2D eigenvalue weighted by Crippen LogP contribution is 2.20. The van der Waals surface area contributed by atoms with Crippen molar-refractivity contribution in [2.24, 2.45) is 5.10 Å². The first-order valence-corrected chi connectivity index (χ1v) is 8.32. The van der Waals surface area contributed by atoms with Crippen molar-refractivity contribution in [2.75, 3.05) is 11.9 Å². The van der Waals surface area contributed by atoms with Gasteiger partial charge < -0.3 is 5.32 Å². The minimum Gasteiger partial charge on any atom is -0.375 e. The Bertz CT molecular complexity index is 937. The van der Waals surface area contributed by atoms with Crippen LogP contribution in [0.25, 0.3) is 10.8 Å². The van der Waals surface area contributed by atoms with E-state index in [0.717, 1.165) is 22.3 Å². The van der Waals surface area contributed by atoms with Gasteiger partial charge in [-0.05, 0) is 41.5 Å². The molecule has 0 spiro atoms. The van der Waals surface area contributed by atoms with Gasteiger partial charge in [0.2, 0.25) is 0 Å². The summed E-state index contributed by atoms with van der Waals surface area (Å²) in [5, 5.41) is 10.1. The molecule has 4 nitrogen and oxygen atoms in total. The van der Waals surface area contributed by atoms with E-state index >= 15 is 0 Å². The number of nitrogens with zero attached hydrogens (tertiary/aromatic N) is 1. The number of hydrazone groups is 1. The van der Waals surface area contributed by atoms with Crippen molar-refractivity contribution in [1.82, 2.24) is 5.43 Å². The van der Waals surface area contributed by atoms with E-state index in [2.05, 4.69) is 34.0 Å². The number of nitrogens with one attached hydrogen (secondary N) is 2. The van der Waals surface area contributed by atoms with Crippen LogP contribution in [0.4, 0.5) is 5.69 Å². The number of hydrogen-bond acceptors (Lipinski definition) is 3. The van der Waals surface area contributed by atoms with Crippen molar-refractivity contribution in [1.29, 1.82) is 0 Å². The van der Waals surface area contributed by atoms with Gasteiger partial charge in [0, 0.05) is 0 Å². The second-order valence-electron chi connectivity index (χ2n) is 5.63. The van der Waals surface area contributed by atoms with Gasteiger partial charge in [0.1, 0.15) is 0 Å². The van der Waals surface area contributed by atoms with E-state index in [4.69, 9.17) is 11.6 Å². The molecular formula is C20H18ClN3O. The molecule has 0 bridgehead atoms. The summed E-state index contributed by atoms with van der Waals surface area (Å²) in [4.78, 5) is 12.0. The van der Waals surface area contributed by atoms with Gasteiger partial charge in [-0.1, -0.05) is 60.1 Å². The van der Waals surface area contributed by atoms with Crippen molar-refractivity contribution in [3.63, 3.8) is 0 Å². The molecule has 0 saturated heterocycles. The normalized spacial score (nSPS) is 11.4. The molecular weight excluding hydrogens is 334 g/mol. The molecule has 0 aromatic heterocycles. The summed E-state index contributed by atoms with van der Waals surface area (Å²) < 4.78 is 0. The summed E-state index contributed by atoms with van der Waals surface area (Å²) in [6.07, 6.45) is 0. The van der Waals surface area contributed by atoms with E-state index in [1.807, 2.05) is 49.4 Å². The average Bonchev–Trinajstić information content (AvgIpc) is 2.65. The molecule has 0 atom stereocenters. The maximum Gasteiger partial charge on any atom is 0.259 e. The Morgan fingerprint density at radius 1 is 1.00 bits per heavy atom. The van der Waals surface area contributed by atoms with Crippen LogP contribution in [0.2, 0.25) is 5.02 Å². The Balaban J connectivity index is 1.62. The molecule has 0 aliphatic rings. The van der Waals surface area contributed by atoms with Crippen LogP contribution in [0.1, 0.15) is 12.5 Å². The molecule has 0 heterocycles. The largest absolute Gasteiger partial charge is 0.375 e. The summed E-state index contributed by atoms with van der Waals surface area (Å²) in [7, 11) is 0. The lowest BCUT2D eigenvalue weighted by Gasteiger charge is -2.08. The standard InChI is InChI=1S/C20H18ClN3O/c1-14(16-11-10-15-6-2-3-7-17(15)12-16)23-24-20(25)13-22-19-9-5-4-8-18(19)21/h2-12,22H,13H2,1H3,(H,24,25)/b23-14+. The van der Waals surface area contributed by atoms with E-state index in [1.54, 1.807) is 6.07 Å². The highest BCUT2D eigenvalue weighted by atomic mass is 35.5. The molecule has 5 heteroatoms. The second kappa shape index (κ2) is 7.81. The van der Waals surface area contributed by atoms with E-state index < -0.39 is 0 Å². The van der Waals surface area contributed by atoms with Crippen molar-refractivity contribution >= 4 is 39.7 Å². The number of carbonyl (C=O) groups excluding carboxylic acids is 1. The quantitative estimate of drug-likeness (QED) is 0.527. The Labute approximate surface area is 151 Å². The zero-order valence-electron chi connectivity index (χ0n) is 13.8. The Morgan fingerprint density at radius 2 is 1.72 bits per heavy atom. The van der Waals surface area contributed by atoms with Crippen LogP contribution >= 0.6 is 11.6 Å². The van der Waals surface area contributed by atoms with E-state index in [9.17, 15) is 4.79 Å². The number of carbonyl (C=O) groups is 1. The molecule has 0 aliphatic heterocycles. The topological polar surface area (TPSA) is 53.5 Å². The molecule has 0 aliphatic carbocycles. The first-order chi connectivity index (χ1) is 12.1. The smallest absolute Gasteiger partial charge is 0.259 e. The molecule has 1 amide bonds. The van der Waals surface area contributed by atoms with Crippen LogP contribution < -0.4 is 10.7 Å². The van der Waals surface area contributed by atoms with E-state index in [0.29, 0.717) is 5.02 Å². The minimum atomic E-state index is -0.236. The molecule has 25 heavy (non-hydrogen) atoms. The predicted molar refractivity (Wildman–Crippen MR) is 104 cm³/mol. The van der Waals surface area contributed by atoms with Crippen LogP contribution in [0.3, 0.4) is 0 Å². The fourth-order valence-electron chi connectivity index (χ4n) is 2.44. The first-order valence-electron chi connectivity index (χ1n) is 7.94. The number of hydrogen-bond donors (Lipinski definition) is 2.